The Labute approximate surface area is 229 Å². The standard InChI is InChI=1S/C28H34N4O6S/c1-21(2)18-32(39(36,37)25-10-8-23(9-11-25)17-30-35)19-27(33)26(16-22-6-4-3-5-7-22)31-28(34)38-20-24-12-14-29-15-13-24/h3-15,21,26-27,33H,16-20H2,1-2H3,(H,31,34)/t26-,27+/m0/s1. The molecule has 3 aromatic rings. The van der Waals surface area contributed by atoms with E-state index in [4.69, 9.17) is 4.74 Å². The van der Waals surface area contributed by atoms with Gasteiger partial charge in [0.25, 0.3) is 0 Å². The van der Waals surface area contributed by atoms with Crippen LogP contribution in [0.3, 0.4) is 0 Å². The summed E-state index contributed by atoms with van der Waals surface area (Å²) in [4.78, 5) is 27.2. The van der Waals surface area contributed by atoms with Crippen LogP contribution in [0.15, 0.2) is 89.2 Å². The molecule has 39 heavy (non-hydrogen) atoms. The van der Waals surface area contributed by atoms with E-state index in [2.05, 4.69) is 15.5 Å². The van der Waals surface area contributed by atoms with Gasteiger partial charge < -0.3 is 15.2 Å². The van der Waals surface area contributed by atoms with E-state index in [1.165, 1.54) is 28.6 Å². The van der Waals surface area contributed by atoms with E-state index in [0.29, 0.717) is 5.56 Å². The van der Waals surface area contributed by atoms with Crippen LogP contribution in [0.2, 0.25) is 0 Å². The first-order valence-electron chi connectivity index (χ1n) is 12.6. The number of aromatic nitrogens is 1. The number of hydrogen-bond donors (Lipinski definition) is 2. The molecule has 0 radical (unpaired) electrons. The average Bonchev–Trinajstić information content (AvgIpc) is 2.92. The summed E-state index contributed by atoms with van der Waals surface area (Å²) in [5.74, 6) is -0.0311. The average molecular weight is 555 g/mol. The van der Waals surface area contributed by atoms with Crippen molar-refractivity contribution in [2.24, 2.45) is 11.1 Å². The number of aliphatic hydroxyl groups is 1. The molecule has 0 saturated heterocycles. The van der Waals surface area contributed by atoms with Crippen LogP contribution in [0, 0.1) is 10.8 Å². The second-order valence-electron chi connectivity index (χ2n) is 9.59. The zero-order chi connectivity index (χ0) is 28.3. The van der Waals surface area contributed by atoms with Crippen LogP contribution in [-0.4, -0.2) is 54.1 Å². The normalized spacial score (nSPS) is 13.2. The minimum absolute atomic E-state index is 0.0198. The van der Waals surface area contributed by atoms with Crippen molar-refractivity contribution in [3.63, 3.8) is 0 Å². The largest absolute Gasteiger partial charge is 0.445 e. The van der Waals surface area contributed by atoms with Gasteiger partial charge >= 0.3 is 6.09 Å². The highest BCUT2D eigenvalue weighted by Gasteiger charge is 2.31. The van der Waals surface area contributed by atoms with Crippen LogP contribution in [0.1, 0.15) is 30.5 Å². The molecule has 11 heteroatoms. The topological polar surface area (TPSA) is 138 Å². The summed E-state index contributed by atoms with van der Waals surface area (Å²) in [7, 11) is -3.99. The van der Waals surface area contributed by atoms with E-state index in [1.807, 2.05) is 44.2 Å². The van der Waals surface area contributed by atoms with Gasteiger partial charge in [-0.1, -0.05) is 61.5 Å². The molecule has 0 fully saturated rings. The number of pyridine rings is 1. The van der Waals surface area contributed by atoms with Crippen LogP contribution in [0.25, 0.3) is 0 Å². The lowest BCUT2D eigenvalue weighted by Crippen LogP contribution is -2.51. The SMILES string of the molecule is CC(C)CN(C[C@@H](O)[C@H](Cc1ccccc1)NC(=O)OCc1ccncc1)S(=O)(=O)c1ccc(CN=O)cc1. The summed E-state index contributed by atoms with van der Waals surface area (Å²) >= 11 is 0. The highest BCUT2D eigenvalue weighted by molar-refractivity contribution is 7.89. The fourth-order valence-electron chi connectivity index (χ4n) is 3.98. The highest BCUT2D eigenvalue weighted by atomic mass is 32.2. The Bertz CT molecular complexity index is 1290. The van der Waals surface area contributed by atoms with Crippen molar-refractivity contribution < 1.29 is 23.1 Å². The van der Waals surface area contributed by atoms with E-state index < -0.39 is 28.3 Å². The lowest BCUT2D eigenvalue weighted by atomic mass is 10.0. The number of carbonyl (C=O) groups is 1. The summed E-state index contributed by atoms with van der Waals surface area (Å²) in [6.07, 6.45) is 1.47. The molecule has 208 valence electrons. The first-order chi connectivity index (χ1) is 18.7. The predicted octanol–water partition coefficient (Wildman–Crippen LogP) is 3.89. The monoisotopic (exact) mass is 554 g/mol. The minimum Gasteiger partial charge on any atom is -0.445 e. The zero-order valence-electron chi connectivity index (χ0n) is 22.0. The second-order valence-corrected chi connectivity index (χ2v) is 11.5. The summed E-state index contributed by atoms with van der Waals surface area (Å²) in [6, 6.07) is 17.8. The molecule has 3 rings (SSSR count). The van der Waals surface area contributed by atoms with Crippen molar-refractivity contribution in [3.05, 3.63) is 101 Å². The number of sulfonamides is 1. The number of aliphatic hydroxyl groups excluding tert-OH is 1. The molecule has 0 aliphatic carbocycles. The molecule has 0 aliphatic rings. The third-order valence-corrected chi connectivity index (χ3v) is 7.80. The van der Waals surface area contributed by atoms with Gasteiger partial charge in [0.1, 0.15) is 13.2 Å². The van der Waals surface area contributed by atoms with Crippen molar-refractivity contribution in [1.82, 2.24) is 14.6 Å². The molecule has 0 spiro atoms. The minimum atomic E-state index is -3.99. The van der Waals surface area contributed by atoms with Gasteiger partial charge in [0.15, 0.2) is 0 Å². The third kappa shape index (κ3) is 9.24. The Hall–Kier alpha value is -3.67. The fourth-order valence-corrected chi connectivity index (χ4v) is 5.60. The van der Waals surface area contributed by atoms with Crippen LogP contribution < -0.4 is 5.32 Å². The summed E-state index contributed by atoms with van der Waals surface area (Å²) < 4.78 is 33.6. The van der Waals surface area contributed by atoms with Gasteiger partial charge in [0, 0.05) is 25.5 Å². The lowest BCUT2D eigenvalue weighted by Gasteiger charge is -2.30. The number of hydrogen-bond acceptors (Lipinski definition) is 8. The van der Waals surface area contributed by atoms with Gasteiger partial charge in [-0.2, -0.15) is 9.21 Å². The predicted molar refractivity (Wildman–Crippen MR) is 147 cm³/mol. The molecule has 1 heterocycles. The Morgan fingerprint density at radius 3 is 2.26 bits per heavy atom. The van der Waals surface area contributed by atoms with E-state index in [-0.39, 0.29) is 43.5 Å². The van der Waals surface area contributed by atoms with Crippen LogP contribution in [0.5, 0.6) is 0 Å². The number of amides is 1. The van der Waals surface area contributed by atoms with Crippen molar-refractivity contribution in [2.75, 3.05) is 13.1 Å². The molecule has 1 aromatic heterocycles. The lowest BCUT2D eigenvalue weighted by molar-refractivity contribution is 0.0873. The van der Waals surface area contributed by atoms with E-state index in [9.17, 15) is 23.2 Å². The number of ether oxygens (including phenoxy) is 1. The van der Waals surface area contributed by atoms with Crippen LogP contribution in [0.4, 0.5) is 4.79 Å². The maximum absolute atomic E-state index is 13.5. The zero-order valence-corrected chi connectivity index (χ0v) is 22.8. The molecular weight excluding hydrogens is 520 g/mol. The van der Waals surface area contributed by atoms with Gasteiger partial charge in [0.2, 0.25) is 10.0 Å². The van der Waals surface area contributed by atoms with Gasteiger partial charge in [-0.25, -0.2) is 13.2 Å². The van der Waals surface area contributed by atoms with Gasteiger partial charge in [-0.3, -0.25) is 4.98 Å². The third-order valence-electron chi connectivity index (χ3n) is 5.95. The van der Waals surface area contributed by atoms with Crippen LogP contribution in [-0.2, 0) is 34.3 Å². The quantitative estimate of drug-likeness (QED) is 0.288. The molecule has 2 atom stereocenters. The molecule has 0 aliphatic heterocycles. The van der Waals surface area contributed by atoms with Crippen molar-refractivity contribution in [2.45, 2.75) is 50.5 Å². The smallest absolute Gasteiger partial charge is 0.407 e. The number of benzene rings is 2. The van der Waals surface area contributed by atoms with Crippen molar-refractivity contribution in [1.29, 1.82) is 0 Å². The molecule has 2 N–H and O–H groups in total. The maximum atomic E-state index is 13.5. The Kier molecular flexibility index (Phi) is 11.1. The number of carbonyl (C=O) groups excluding carboxylic acids is 1. The van der Waals surface area contributed by atoms with Crippen molar-refractivity contribution >= 4 is 16.1 Å². The molecule has 1 amide bonds. The number of nitroso groups, excluding NO2 is 1. The summed E-state index contributed by atoms with van der Waals surface area (Å²) in [5.41, 5.74) is 2.20. The van der Waals surface area contributed by atoms with Gasteiger partial charge in [0.05, 0.1) is 17.0 Å². The number of nitrogens with one attached hydrogen (secondary N) is 1. The fraction of sp³-hybridized carbons (Fsp3) is 0.357. The molecule has 10 nitrogen and oxygen atoms in total. The molecule has 0 unspecified atom stereocenters. The first-order valence-corrected chi connectivity index (χ1v) is 14.1. The van der Waals surface area contributed by atoms with Crippen LogP contribution >= 0.6 is 0 Å². The number of nitrogens with zero attached hydrogens (tertiary/aromatic N) is 3. The molecular formula is C28H34N4O6S. The van der Waals surface area contributed by atoms with Gasteiger partial charge in [-0.15, -0.1) is 0 Å². The summed E-state index contributed by atoms with van der Waals surface area (Å²) in [6.45, 7) is 3.63. The second kappa shape index (κ2) is 14.5. The Balaban J connectivity index is 1.79. The number of rotatable bonds is 14. The maximum Gasteiger partial charge on any atom is 0.407 e. The van der Waals surface area contributed by atoms with Crippen molar-refractivity contribution in [3.8, 4) is 0 Å². The van der Waals surface area contributed by atoms with Gasteiger partial charge in [-0.05, 0) is 53.3 Å². The Morgan fingerprint density at radius 1 is 0.974 bits per heavy atom. The van der Waals surface area contributed by atoms with E-state index >= 15 is 0 Å². The molecule has 0 bridgehead atoms. The molecule has 0 saturated carbocycles. The van der Waals surface area contributed by atoms with E-state index in [1.54, 1.807) is 24.5 Å². The first kappa shape index (κ1) is 29.9. The summed E-state index contributed by atoms with van der Waals surface area (Å²) in [5, 5.41) is 16.8. The van der Waals surface area contributed by atoms with E-state index in [0.717, 1.165) is 11.1 Å². The number of alkyl carbamates (subject to hydrolysis) is 1. The molecule has 2 aromatic carbocycles. The highest BCUT2D eigenvalue weighted by Crippen LogP contribution is 2.20. The Morgan fingerprint density at radius 2 is 1.64 bits per heavy atom.